The van der Waals surface area contributed by atoms with E-state index in [-0.39, 0.29) is 0 Å². The quantitative estimate of drug-likeness (QED) is 0.425. The summed E-state index contributed by atoms with van der Waals surface area (Å²) in [5, 5.41) is 16.0. The number of imidazole rings is 1. The number of pyridine rings is 1. The fourth-order valence-corrected chi connectivity index (χ4v) is 3.30. The molecule has 0 fully saturated rings. The molecule has 0 saturated carbocycles. The van der Waals surface area contributed by atoms with Crippen molar-refractivity contribution in [2.45, 2.75) is 6.92 Å². The number of hydrogen-bond donors (Lipinski definition) is 2. The largest absolute Gasteiger partial charge is 0.368 e. The Morgan fingerprint density at radius 2 is 1.97 bits per heavy atom. The highest BCUT2D eigenvalue weighted by Crippen LogP contribution is 2.29. The van der Waals surface area contributed by atoms with Gasteiger partial charge in [-0.2, -0.15) is 5.26 Å². The van der Waals surface area contributed by atoms with Crippen molar-refractivity contribution in [1.82, 2.24) is 24.5 Å². The van der Waals surface area contributed by atoms with Crippen molar-refractivity contribution < 1.29 is 0 Å². The lowest BCUT2D eigenvalue weighted by molar-refractivity contribution is 0.984. The molecular formula is C22H19ClN8. The van der Waals surface area contributed by atoms with Gasteiger partial charge >= 0.3 is 0 Å². The number of rotatable bonds is 7. The van der Waals surface area contributed by atoms with Gasteiger partial charge in [-0.05, 0) is 36.8 Å². The number of benzene rings is 1. The van der Waals surface area contributed by atoms with Crippen LogP contribution in [0, 0.1) is 18.3 Å². The lowest BCUT2D eigenvalue weighted by atomic mass is 10.0. The van der Waals surface area contributed by atoms with Gasteiger partial charge in [0.05, 0.1) is 23.8 Å². The number of anilines is 2. The van der Waals surface area contributed by atoms with Crippen LogP contribution < -0.4 is 10.6 Å². The third-order valence-corrected chi connectivity index (χ3v) is 4.84. The van der Waals surface area contributed by atoms with E-state index in [1.165, 1.54) is 6.20 Å². The molecule has 2 N–H and O–H groups in total. The normalized spacial score (nSPS) is 10.5. The second kappa shape index (κ2) is 9.24. The van der Waals surface area contributed by atoms with Gasteiger partial charge < -0.3 is 15.2 Å². The zero-order chi connectivity index (χ0) is 21.6. The minimum atomic E-state index is 0.516. The van der Waals surface area contributed by atoms with Crippen LogP contribution >= 0.6 is 11.6 Å². The molecule has 0 aliphatic carbocycles. The van der Waals surface area contributed by atoms with Gasteiger partial charge in [0.2, 0.25) is 5.95 Å². The first-order valence-corrected chi connectivity index (χ1v) is 9.97. The van der Waals surface area contributed by atoms with Crippen LogP contribution in [0.2, 0.25) is 5.02 Å². The van der Waals surface area contributed by atoms with Gasteiger partial charge in [0, 0.05) is 42.3 Å². The first-order chi connectivity index (χ1) is 15.1. The molecule has 3 aromatic heterocycles. The lowest BCUT2D eigenvalue weighted by Crippen LogP contribution is -2.16. The molecule has 4 aromatic rings. The number of nitrogens with zero attached hydrogens (tertiary/aromatic N) is 6. The fourth-order valence-electron chi connectivity index (χ4n) is 3.07. The minimum Gasteiger partial charge on any atom is -0.368 e. The Kier molecular flexibility index (Phi) is 6.05. The number of aromatic nitrogens is 5. The number of nitriles is 1. The van der Waals surface area contributed by atoms with Gasteiger partial charge in [-0.25, -0.2) is 19.9 Å². The van der Waals surface area contributed by atoms with E-state index in [0.29, 0.717) is 35.4 Å². The molecule has 0 saturated heterocycles. The van der Waals surface area contributed by atoms with E-state index >= 15 is 0 Å². The number of hydrogen-bond acceptors (Lipinski definition) is 7. The highest BCUT2D eigenvalue weighted by atomic mass is 35.5. The fraction of sp³-hybridized carbons (Fsp3) is 0.136. The summed E-state index contributed by atoms with van der Waals surface area (Å²) in [5.41, 5.74) is 4.13. The van der Waals surface area contributed by atoms with Crippen molar-refractivity contribution in [3.8, 4) is 23.0 Å². The smallest absolute Gasteiger partial charge is 0.223 e. The molecule has 0 radical (unpaired) electrons. The van der Waals surface area contributed by atoms with Gasteiger partial charge in [0.15, 0.2) is 0 Å². The van der Waals surface area contributed by atoms with E-state index in [1.807, 2.05) is 35.9 Å². The monoisotopic (exact) mass is 430 g/mol. The Balaban J connectivity index is 1.51. The van der Waals surface area contributed by atoms with Crippen molar-refractivity contribution in [3.63, 3.8) is 0 Å². The third-order valence-electron chi connectivity index (χ3n) is 4.60. The standard InChI is InChI=1S/C22H19ClN8/c1-15-10-17(23)3-4-18(15)21-19(31-9-8-25-14-31)13-29-22(30-21)27-7-6-26-20-5-2-16(11-24)12-28-20/h2-5,8-10,12-14H,6-7H2,1H3,(H,26,28)(H,27,29,30). The molecule has 0 atom stereocenters. The summed E-state index contributed by atoms with van der Waals surface area (Å²) in [5.74, 6) is 1.22. The summed E-state index contributed by atoms with van der Waals surface area (Å²) in [6, 6.07) is 11.3. The van der Waals surface area contributed by atoms with Crippen molar-refractivity contribution >= 4 is 23.4 Å². The number of aryl methyl sites for hydroxylation is 1. The molecule has 1 aromatic carbocycles. The average molecular weight is 431 g/mol. The zero-order valence-corrected chi connectivity index (χ0v) is 17.5. The molecule has 0 unspecified atom stereocenters. The minimum absolute atomic E-state index is 0.516. The molecule has 4 rings (SSSR count). The van der Waals surface area contributed by atoms with E-state index < -0.39 is 0 Å². The summed E-state index contributed by atoms with van der Waals surface area (Å²) in [6.07, 6.45) is 8.60. The molecule has 31 heavy (non-hydrogen) atoms. The molecule has 0 aliphatic rings. The van der Waals surface area contributed by atoms with Crippen molar-refractivity contribution in [2.75, 3.05) is 23.7 Å². The van der Waals surface area contributed by atoms with E-state index in [9.17, 15) is 0 Å². The average Bonchev–Trinajstić information content (AvgIpc) is 3.32. The molecular weight excluding hydrogens is 412 g/mol. The third kappa shape index (κ3) is 4.79. The first kappa shape index (κ1) is 20.3. The SMILES string of the molecule is Cc1cc(Cl)ccc1-c1nc(NCCNc2ccc(C#N)cn2)ncc1-n1ccnc1. The van der Waals surface area contributed by atoms with Gasteiger partial charge in [0.25, 0.3) is 0 Å². The molecule has 0 amide bonds. The summed E-state index contributed by atoms with van der Waals surface area (Å²) in [4.78, 5) is 17.5. The summed E-state index contributed by atoms with van der Waals surface area (Å²) >= 11 is 6.14. The van der Waals surface area contributed by atoms with Crippen molar-refractivity contribution in [3.05, 3.63) is 77.6 Å². The van der Waals surface area contributed by atoms with Gasteiger partial charge in [-0.1, -0.05) is 17.7 Å². The van der Waals surface area contributed by atoms with Crippen LogP contribution in [-0.2, 0) is 0 Å². The predicted molar refractivity (Wildman–Crippen MR) is 120 cm³/mol. The van der Waals surface area contributed by atoms with Crippen molar-refractivity contribution in [2.24, 2.45) is 0 Å². The molecule has 9 heteroatoms. The lowest BCUT2D eigenvalue weighted by Gasteiger charge is -2.14. The maximum absolute atomic E-state index is 8.84. The molecule has 0 aliphatic heterocycles. The Labute approximate surface area is 184 Å². The number of nitrogens with one attached hydrogen (secondary N) is 2. The maximum atomic E-state index is 8.84. The van der Waals surface area contributed by atoms with Crippen LogP contribution in [0.5, 0.6) is 0 Å². The molecule has 0 spiro atoms. The van der Waals surface area contributed by atoms with Gasteiger partial charge in [0.1, 0.15) is 17.6 Å². The van der Waals surface area contributed by atoms with Crippen LogP contribution in [0.1, 0.15) is 11.1 Å². The van der Waals surface area contributed by atoms with Crippen LogP contribution in [-0.4, -0.2) is 37.6 Å². The first-order valence-electron chi connectivity index (χ1n) is 9.60. The second-order valence-corrected chi connectivity index (χ2v) is 7.19. The van der Waals surface area contributed by atoms with Crippen LogP contribution in [0.3, 0.4) is 0 Å². The van der Waals surface area contributed by atoms with Crippen molar-refractivity contribution in [1.29, 1.82) is 5.26 Å². The molecule has 8 nitrogen and oxygen atoms in total. The van der Waals surface area contributed by atoms with Crippen LogP contribution in [0.4, 0.5) is 11.8 Å². The van der Waals surface area contributed by atoms with E-state index in [0.717, 1.165) is 22.5 Å². The second-order valence-electron chi connectivity index (χ2n) is 6.75. The Morgan fingerprint density at radius 1 is 1.10 bits per heavy atom. The van der Waals surface area contributed by atoms with Gasteiger partial charge in [-0.15, -0.1) is 0 Å². The van der Waals surface area contributed by atoms with Crippen LogP contribution in [0.15, 0.2) is 61.4 Å². The summed E-state index contributed by atoms with van der Waals surface area (Å²) in [6.45, 7) is 3.20. The highest BCUT2D eigenvalue weighted by Gasteiger charge is 2.13. The highest BCUT2D eigenvalue weighted by molar-refractivity contribution is 6.30. The van der Waals surface area contributed by atoms with E-state index in [1.54, 1.807) is 30.9 Å². The Hall–Kier alpha value is -3.96. The van der Waals surface area contributed by atoms with Gasteiger partial charge in [-0.3, -0.25) is 0 Å². The van der Waals surface area contributed by atoms with E-state index in [4.69, 9.17) is 21.8 Å². The topological polar surface area (TPSA) is 104 Å². The summed E-state index contributed by atoms with van der Waals surface area (Å²) < 4.78 is 1.88. The molecule has 154 valence electrons. The molecule has 3 heterocycles. The Morgan fingerprint density at radius 3 is 2.68 bits per heavy atom. The summed E-state index contributed by atoms with van der Waals surface area (Å²) in [7, 11) is 0. The van der Waals surface area contributed by atoms with E-state index in [2.05, 4.69) is 31.7 Å². The molecule has 0 bridgehead atoms. The maximum Gasteiger partial charge on any atom is 0.223 e. The van der Waals surface area contributed by atoms with Crippen LogP contribution in [0.25, 0.3) is 16.9 Å². The predicted octanol–water partition coefficient (Wildman–Crippen LogP) is 4.08. The Bertz CT molecular complexity index is 1210. The zero-order valence-electron chi connectivity index (χ0n) is 16.7. The number of halogens is 1.